The number of alkyl carbamates (subject to hydrolysis) is 1. The van der Waals surface area contributed by atoms with Crippen molar-refractivity contribution in [1.29, 1.82) is 0 Å². The molecular weight excluding hydrogens is 430 g/mol. The molecule has 1 atom stereocenters. The van der Waals surface area contributed by atoms with Crippen LogP contribution in [0.25, 0.3) is 10.8 Å². The van der Waals surface area contributed by atoms with Gasteiger partial charge in [-0.3, -0.25) is 4.79 Å². The average molecular weight is 456 g/mol. The number of hydrogen-bond donors (Lipinski definition) is 3. The maximum Gasteiger partial charge on any atom is 0.408 e. The maximum atomic E-state index is 12.6. The van der Waals surface area contributed by atoms with Gasteiger partial charge in [-0.25, -0.2) is 17.9 Å². The van der Waals surface area contributed by atoms with E-state index in [1.54, 1.807) is 37.3 Å². The zero-order valence-corrected chi connectivity index (χ0v) is 18.6. The fraction of sp³-hybridized carbons (Fsp3) is 0.217. The fourth-order valence-electron chi connectivity index (χ4n) is 3.14. The van der Waals surface area contributed by atoms with Crippen molar-refractivity contribution in [2.45, 2.75) is 31.4 Å². The molecule has 0 unspecified atom stereocenters. The number of carbonyl (C=O) groups excluding carboxylic acids is 2. The molecule has 3 aromatic rings. The van der Waals surface area contributed by atoms with E-state index in [-0.39, 0.29) is 18.0 Å². The lowest BCUT2D eigenvalue weighted by atomic mass is 10.1. The second-order valence-corrected chi connectivity index (χ2v) is 8.81. The summed E-state index contributed by atoms with van der Waals surface area (Å²) in [6, 6.07) is 18.2. The van der Waals surface area contributed by atoms with Crippen LogP contribution in [0.1, 0.15) is 19.4 Å². The number of nitrogens with one attached hydrogen (secondary N) is 3. The minimum absolute atomic E-state index is 0.0907. The van der Waals surface area contributed by atoms with Crippen LogP contribution in [0.4, 0.5) is 10.5 Å². The fourth-order valence-corrected chi connectivity index (χ4v) is 4.40. The summed E-state index contributed by atoms with van der Waals surface area (Å²) in [5.74, 6) is -0.464. The Hall–Kier alpha value is -3.43. The lowest BCUT2D eigenvalue weighted by Crippen LogP contribution is -2.41. The van der Waals surface area contributed by atoms with Crippen molar-refractivity contribution in [1.82, 2.24) is 10.0 Å². The summed E-state index contributed by atoms with van der Waals surface area (Å²) in [5.41, 5.74) is 1.27. The highest BCUT2D eigenvalue weighted by molar-refractivity contribution is 7.89. The van der Waals surface area contributed by atoms with Crippen molar-refractivity contribution >= 4 is 38.5 Å². The molecule has 0 aliphatic heterocycles. The SMILES string of the molecule is CCNS(=O)(=O)c1cccc2c(NC(=O)[C@@H](C)NC(=O)OCc3ccccc3)cccc12. The molecular formula is C23H25N3O5S. The molecule has 3 rings (SSSR count). The Bertz CT molecular complexity index is 1210. The maximum absolute atomic E-state index is 12.6. The van der Waals surface area contributed by atoms with Gasteiger partial charge < -0.3 is 15.4 Å². The summed E-state index contributed by atoms with van der Waals surface area (Å²) < 4.78 is 32.6. The standard InChI is InChI=1S/C23H25N3O5S/c1-3-24-32(29,30)21-14-8-11-18-19(21)12-7-13-20(18)26-22(27)16(2)25-23(28)31-15-17-9-5-4-6-10-17/h4-14,16,24H,3,15H2,1-2H3,(H,25,28)(H,26,27)/t16-/m1/s1. The van der Waals surface area contributed by atoms with Crippen LogP contribution in [0.2, 0.25) is 0 Å². The first-order chi connectivity index (χ1) is 15.3. The van der Waals surface area contributed by atoms with Crippen molar-refractivity contribution in [2.75, 3.05) is 11.9 Å². The topological polar surface area (TPSA) is 114 Å². The van der Waals surface area contributed by atoms with Gasteiger partial charge in [0.2, 0.25) is 15.9 Å². The summed E-state index contributed by atoms with van der Waals surface area (Å²) in [6.45, 7) is 3.59. The highest BCUT2D eigenvalue weighted by Crippen LogP contribution is 2.28. The minimum Gasteiger partial charge on any atom is -0.445 e. The van der Waals surface area contributed by atoms with Crippen LogP contribution < -0.4 is 15.4 Å². The zero-order chi connectivity index (χ0) is 23.1. The molecule has 8 nitrogen and oxygen atoms in total. The van der Waals surface area contributed by atoms with Gasteiger partial charge in [-0.1, -0.05) is 61.5 Å². The van der Waals surface area contributed by atoms with Gasteiger partial charge in [-0.2, -0.15) is 0 Å². The number of ether oxygens (including phenoxy) is 1. The van der Waals surface area contributed by atoms with Crippen LogP contribution in [-0.2, 0) is 26.2 Å². The van der Waals surface area contributed by atoms with E-state index in [4.69, 9.17) is 4.74 Å². The van der Waals surface area contributed by atoms with Gasteiger partial charge in [0.05, 0.1) is 4.90 Å². The molecule has 3 N–H and O–H groups in total. The van der Waals surface area contributed by atoms with Crippen molar-refractivity contribution in [3.8, 4) is 0 Å². The molecule has 0 aliphatic rings. The number of anilines is 1. The Labute approximate surface area is 187 Å². The first kappa shape index (κ1) is 23.2. The molecule has 0 saturated heterocycles. The van der Waals surface area contributed by atoms with E-state index in [0.29, 0.717) is 16.5 Å². The van der Waals surface area contributed by atoms with Crippen molar-refractivity contribution in [3.05, 3.63) is 72.3 Å². The van der Waals surface area contributed by atoms with E-state index < -0.39 is 28.1 Å². The lowest BCUT2D eigenvalue weighted by Gasteiger charge is -2.16. The molecule has 0 fully saturated rings. The Kier molecular flexibility index (Phi) is 7.45. The highest BCUT2D eigenvalue weighted by Gasteiger charge is 2.20. The summed E-state index contributed by atoms with van der Waals surface area (Å²) in [7, 11) is -3.68. The smallest absolute Gasteiger partial charge is 0.408 e. The van der Waals surface area contributed by atoms with Gasteiger partial charge in [-0.05, 0) is 24.6 Å². The summed E-state index contributed by atoms with van der Waals surface area (Å²) in [5, 5.41) is 6.29. The number of carbonyl (C=O) groups is 2. The summed E-state index contributed by atoms with van der Waals surface area (Å²) >= 11 is 0. The number of amides is 2. The molecule has 9 heteroatoms. The van der Waals surface area contributed by atoms with Crippen LogP contribution in [-0.4, -0.2) is 33.0 Å². The van der Waals surface area contributed by atoms with Gasteiger partial charge in [0.15, 0.2) is 0 Å². The summed E-state index contributed by atoms with van der Waals surface area (Å²) in [4.78, 5) is 24.8. The second kappa shape index (κ2) is 10.3. The number of benzene rings is 3. The van der Waals surface area contributed by atoms with E-state index in [1.807, 2.05) is 30.3 Å². The molecule has 0 heterocycles. The number of hydrogen-bond acceptors (Lipinski definition) is 5. The number of sulfonamides is 1. The molecule has 0 radical (unpaired) electrons. The first-order valence-corrected chi connectivity index (χ1v) is 11.6. The Morgan fingerprint density at radius 2 is 1.62 bits per heavy atom. The molecule has 0 aliphatic carbocycles. The molecule has 3 aromatic carbocycles. The van der Waals surface area contributed by atoms with Crippen LogP contribution in [0.3, 0.4) is 0 Å². The van der Waals surface area contributed by atoms with E-state index in [1.165, 1.54) is 13.0 Å². The summed E-state index contributed by atoms with van der Waals surface area (Å²) in [6.07, 6.45) is -0.714. The number of fused-ring (bicyclic) bond motifs is 1. The van der Waals surface area contributed by atoms with Crippen molar-refractivity contribution < 1.29 is 22.7 Å². The Balaban J connectivity index is 1.70. The molecule has 0 bridgehead atoms. The van der Waals surface area contributed by atoms with Crippen molar-refractivity contribution in [3.63, 3.8) is 0 Å². The molecule has 168 valence electrons. The van der Waals surface area contributed by atoms with Crippen LogP contribution in [0.15, 0.2) is 71.6 Å². The number of rotatable bonds is 8. The third kappa shape index (κ3) is 5.63. The molecule has 32 heavy (non-hydrogen) atoms. The lowest BCUT2D eigenvalue weighted by molar-refractivity contribution is -0.117. The van der Waals surface area contributed by atoms with Gasteiger partial charge in [0.1, 0.15) is 12.6 Å². The molecule has 0 aromatic heterocycles. The second-order valence-electron chi connectivity index (χ2n) is 7.08. The van der Waals surface area contributed by atoms with E-state index in [2.05, 4.69) is 15.4 Å². The zero-order valence-electron chi connectivity index (χ0n) is 17.8. The van der Waals surface area contributed by atoms with Crippen molar-refractivity contribution in [2.24, 2.45) is 0 Å². The monoisotopic (exact) mass is 455 g/mol. The van der Waals surface area contributed by atoms with E-state index in [9.17, 15) is 18.0 Å². The minimum atomic E-state index is -3.68. The van der Waals surface area contributed by atoms with Crippen LogP contribution in [0, 0.1) is 0 Å². The van der Waals surface area contributed by atoms with Gasteiger partial charge >= 0.3 is 6.09 Å². The van der Waals surface area contributed by atoms with Gasteiger partial charge in [0, 0.05) is 23.0 Å². The largest absolute Gasteiger partial charge is 0.445 e. The van der Waals surface area contributed by atoms with E-state index in [0.717, 1.165) is 5.56 Å². The van der Waals surface area contributed by atoms with Gasteiger partial charge in [0.25, 0.3) is 0 Å². The first-order valence-electron chi connectivity index (χ1n) is 10.1. The highest BCUT2D eigenvalue weighted by atomic mass is 32.2. The molecule has 2 amide bonds. The van der Waals surface area contributed by atoms with E-state index >= 15 is 0 Å². The predicted octanol–water partition coefficient (Wildman–Crippen LogP) is 3.39. The third-order valence-electron chi connectivity index (χ3n) is 4.70. The molecule has 0 spiro atoms. The third-order valence-corrected chi connectivity index (χ3v) is 6.31. The normalized spacial score (nSPS) is 12.2. The average Bonchev–Trinajstić information content (AvgIpc) is 2.78. The van der Waals surface area contributed by atoms with Crippen LogP contribution >= 0.6 is 0 Å². The quantitative estimate of drug-likeness (QED) is 0.482. The Morgan fingerprint density at radius 3 is 2.34 bits per heavy atom. The Morgan fingerprint density at radius 1 is 0.938 bits per heavy atom. The van der Waals surface area contributed by atoms with Gasteiger partial charge in [-0.15, -0.1) is 0 Å². The predicted molar refractivity (Wildman–Crippen MR) is 123 cm³/mol. The van der Waals surface area contributed by atoms with Crippen LogP contribution in [0.5, 0.6) is 0 Å². The molecule has 0 saturated carbocycles.